The van der Waals surface area contributed by atoms with Gasteiger partial charge >= 0.3 is 0 Å². The van der Waals surface area contributed by atoms with Gasteiger partial charge in [0.05, 0.1) is 29.9 Å². The van der Waals surface area contributed by atoms with Crippen LogP contribution >= 0.6 is 11.3 Å². The normalized spacial score (nSPS) is 11.2. The quantitative estimate of drug-likeness (QED) is 0.396. The summed E-state index contributed by atoms with van der Waals surface area (Å²) in [6, 6.07) is 20.0. The fourth-order valence-corrected chi connectivity index (χ4v) is 4.65. The van der Waals surface area contributed by atoms with Crippen LogP contribution < -0.4 is 5.32 Å². The summed E-state index contributed by atoms with van der Waals surface area (Å²) in [5.41, 5.74) is 2.90. The molecule has 0 unspecified atom stereocenters. The molecule has 0 spiro atoms. The van der Waals surface area contributed by atoms with Gasteiger partial charge in [-0.2, -0.15) is 10.2 Å². The van der Waals surface area contributed by atoms with Crippen LogP contribution in [0.1, 0.15) is 26.5 Å². The third-order valence-electron chi connectivity index (χ3n) is 5.21. The third-order valence-corrected chi connectivity index (χ3v) is 6.36. The highest BCUT2D eigenvalue weighted by Gasteiger charge is 2.18. The average molecular weight is 446 g/mol. The molecule has 8 heteroatoms. The lowest BCUT2D eigenvalue weighted by atomic mass is 10.2. The van der Waals surface area contributed by atoms with Crippen molar-refractivity contribution in [2.24, 2.45) is 0 Å². The zero-order valence-electron chi connectivity index (χ0n) is 17.3. The van der Waals surface area contributed by atoms with Gasteiger partial charge in [0.1, 0.15) is 16.5 Å². The van der Waals surface area contributed by atoms with Gasteiger partial charge in [-0.05, 0) is 36.2 Å². The summed E-state index contributed by atoms with van der Waals surface area (Å²) in [5.74, 6) is 0.187. The minimum Gasteiger partial charge on any atom is -0.306 e. The molecule has 0 saturated carbocycles. The fourth-order valence-electron chi connectivity index (χ4n) is 3.59. The van der Waals surface area contributed by atoms with Gasteiger partial charge in [-0.25, -0.2) is 9.07 Å². The Morgan fingerprint density at radius 2 is 1.72 bits per heavy atom. The van der Waals surface area contributed by atoms with Gasteiger partial charge in [0.15, 0.2) is 0 Å². The second kappa shape index (κ2) is 8.39. The van der Waals surface area contributed by atoms with Crippen molar-refractivity contribution in [3.63, 3.8) is 0 Å². The molecule has 0 fully saturated rings. The summed E-state index contributed by atoms with van der Waals surface area (Å²) < 4.78 is 16.8. The number of hydrogen-bond donors (Lipinski definition) is 1. The Hall–Kier alpha value is -3.78. The number of aromatic nitrogens is 4. The summed E-state index contributed by atoms with van der Waals surface area (Å²) in [6.45, 7) is 3.00. The van der Waals surface area contributed by atoms with E-state index in [0.717, 1.165) is 27.0 Å². The molecule has 0 atom stereocenters. The van der Waals surface area contributed by atoms with E-state index in [4.69, 9.17) is 0 Å². The number of nitrogens with one attached hydrogen (secondary N) is 1. The van der Waals surface area contributed by atoms with E-state index in [0.29, 0.717) is 23.8 Å². The zero-order chi connectivity index (χ0) is 22.1. The zero-order valence-corrected chi connectivity index (χ0v) is 18.1. The Balaban J connectivity index is 1.37. The van der Waals surface area contributed by atoms with Crippen molar-refractivity contribution in [3.05, 3.63) is 100 Å². The van der Waals surface area contributed by atoms with E-state index in [1.165, 1.54) is 23.5 Å². The van der Waals surface area contributed by atoms with Crippen LogP contribution in [0.3, 0.4) is 0 Å². The molecule has 6 nitrogen and oxygen atoms in total. The number of anilines is 1. The molecule has 5 aromatic rings. The molecule has 0 radical (unpaired) electrons. The molecule has 1 amide bonds. The Bertz CT molecular complexity index is 1390. The first-order valence-electron chi connectivity index (χ1n) is 10.2. The van der Waals surface area contributed by atoms with Crippen LogP contribution in [-0.4, -0.2) is 25.5 Å². The second-order valence-electron chi connectivity index (χ2n) is 7.51. The van der Waals surface area contributed by atoms with Crippen molar-refractivity contribution in [1.29, 1.82) is 0 Å². The minimum atomic E-state index is -0.267. The predicted molar refractivity (Wildman–Crippen MR) is 124 cm³/mol. The summed E-state index contributed by atoms with van der Waals surface area (Å²) >= 11 is 1.39. The van der Waals surface area contributed by atoms with Crippen LogP contribution in [0, 0.1) is 12.7 Å². The maximum absolute atomic E-state index is 13.2. The van der Waals surface area contributed by atoms with Gasteiger partial charge in [0, 0.05) is 11.5 Å². The number of carbonyl (C=O) groups excluding carboxylic acids is 1. The van der Waals surface area contributed by atoms with Gasteiger partial charge in [-0.15, -0.1) is 11.3 Å². The Morgan fingerprint density at radius 1 is 1.00 bits per heavy atom. The smallest absolute Gasteiger partial charge is 0.266 e. The molecule has 0 aliphatic heterocycles. The second-order valence-corrected chi connectivity index (χ2v) is 8.54. The Kier molecular flexibility index (Phi) is 5.28. The van der Waals surface area contributed by atoms with E-state index in [9.17, 15) is 9.18 Å². The van der Waals surface area contributed by atoms with Crippen molar-refractivity contribution in [2.75, 3.05) is 5.32 Å². The van der Waals surface area contributed by atoms with Crippen molar-refractivity contribution >= 4 is 33.3 Å². The number of carbonyl (C=O) groups is 1. The topological polar surface area (TPSA) is 64.7 Å². The van der Waals surface area contributed by atoms with Crippen LogP contribution in [0.25, 0.3) is 10.2 Å². The Morgan fingerprint density at radius 3 is 2.50 bits per heavy atom. The summed E-state index contributed by atoms with van der Waals surface area (Å²) in [7, 11) is 0. The highest BCUT2D eigenvalue weighted by atomic mass is 32.1. The first-order valence-corrected chi connectivity index (χ1v) is 11.0. The van der Waals surface area contributed by atoms with E-state index in [1.807, 2.05) is 48.0 Å². The van der Waals surface area contributed by atoms with Crippen molar-refractivity contribution in [3.8, 4) is 0 Å². The predicted octanol–water partition coefficient (Wildman–Crippen LogP) is 5.09. The first kappa shape index (κ1) is 20.1. The van der Waals surface area contributed by atoms with Crippen LogP contribution in [0.2, 0.25) is 0 Å². The number of hydrogen-bond acceptors (Lipinski definition) is 4. The van der Waals surface area contributed by atoms with Gasteiger partial charge in [-0.3, -0.25) is 9.48 Å². The fraction of sp³-hybridized carbons (Fsp3) is 0.125. The number of rotatable bonds is 6. The van der Waals surface area contributed by atoms with E-state index in [1.54, 1.807) is 29.1 Å². The molecule has 5 rings (SSSR count). The molecule has 3 aromatic heterocycles. The monoisotopic (exact) mass is 445 g/mol. The molecule has 3 heterocycles. The highest BCUT2D eigenvalue weighted by molar-refractivity contribution is 7.20. The van der Waals surface area contributed by atoms with E-state index in [2.05, 4.69) is 15.5 Å². The number of thiophene rings is 1. The standard InChI is InChI=1S/C24H20FN5OS/c1-16-20-13-21(32-24(20)30(28-16)15-18-7-9-19(25)10-8-18)23(31)27-22-11-12-26-29(22)14-17-5-3-2-4-6-17/h2-13H,14-15H2,1H3,(H,27,31). The number of fused-ring (bicyclic) bond motifs is 1. The minimum absolute atomic E-state index is 0.186. The summed E-state index contributed by atoms with van der Waals surface area (Å²) in [5, 5.41) is 12.8. The lowest BCUT2D eigenvalue weighted by Gasteiger charge is -2.08. The molecule has 0 saturated heterocycles. The van der Waals surface area contributed by atoms with Gasteiger partial charge in [0.25, 0.3) is 5.91 Å². The Labute approximate surface area is 187 Å². The summed E-state index contributed by atoms with van der Waals surface area (Å²) in [4.78, 5) is 14.5. The number of benzene rings is 2. The molecule has 0 aliphatic rings. The molecular weight excluding hydrogens is 425 g/mol. The van der Waals surface area contributed by atoms with Crippen molar-refractivity contribution in [2.45, 2.75) is 20.0 Å². The third kappa shape index (κ3) is 4.04. The summed E-state index contributed by atoms with van der Waals surface area (Å²) in [6.07, 6.45) is 1.67. The molecule has 2 aromatic carbocycles. The molecule has 160 valence electrons. The van der Waals surface area contributed by atoms with E-state index in [-0.39, 0.29) is 11.7 Å². The highest BCUT2D eigenvalue weighted by Crippen LogP contribution is 2.29. The number of nitrogens with zero attached hydrogens (tertiary/aromatic N) is 4. The molecule has 1 N–H and O–H groups in total. The van der Waals surface area contributed by atoms with Crippen LogP contribution in [0.5, 0.6) is 0 Å². The molecular formula is C24H20FN5OS. The molecule has 0 aliphatic carbocycles. The number of amides is 1. The lowest BCUT2D eigenvalue weighted by molar-refractivity contribution is 0.102. The molecule has 32 heavy (non-hydrogen) atoms. The van der Waals surface area contributed by atoms with Crippen molar-refractivity contribution in [1.82, 2.24) is 19.6 Å². The van der Waals surface area contributed by atoms with E-state index < -0.39 is 0 Å². The largest absolute Gasteiger partial charge is 0.306 e. The van der Waals surface area contributed by atoms with Gasteiger partial charge in [-0.1, -0.05) is 42.5 Å². The van der Waals surface area contributed by atoms with Crippen molar-refractivity contribution < 1.29 is 9.18 Å². The maximum Gasteiger partial charge on any atom is 0.266 e. The van der Waals surface area contributed by atoms with E-state index >= 15 is 0 Å². The van der Waals surface area contributed by atoms with Gasteiger partial charge in [0.2, 0.25) is 0 Å². The molecule has 0 bridgehead atoms. The lowest BCUT2D eigenvalue weighted by Crippen LogP contribution is -2.15. The first-order chi connectivity index (χ1) is 15.6. The van der Waals surface area contributed by atoms with Crippen LogP contribution in [-0.2, 0) is 13.1 Å². The van der Waals surface area contributed by atoms with Crippen LogP contribution in [0.15, 0.2) is 72.9 Å². The average Bonchev–Trinajstić information content (AvgIpc) is 3.49. The maximum atomic E-state index is 13.2. The number of aryl methyl sites for hydroxylation is 1. The SMILES string of the molecule is Cc1nn(Cc2ccc(F)cc2)c2sc(C(=O)Nc3ccnn3Cc3ccccc3)cc12. The van der Waals surface area contributed by atoms with Crippen LogP contribution in [0.4, 0.5) is 10.2 Å². The van der Waals surface area contributed by atoms with Gasteiger partial charge < -0.3 is 5.32 Å². The number of halogens is 1.